The van der Waals surface area contributed by atoms with E-state index in [1.807, 2.05) is 0 Å². The average Bonchev–Trinajstić information content (AvgIpc) is 2.36. The number of rotatable bonds is 6. The summed E-state index contributed by atoms with van der Waals surface area (Å²) < 4.78 is 53.8. The highest BCUT2D eigenvalue weighted by atomic mass is 32.2. The zero-order chi connectivity index (χ0) is 15.5. The van der Waals surface area contributed by atoms with Crippen LogP contribution in [0.3, 0.4) is 0 Å². The first-order valence-electron chi connectivity index (χ1n) is 4.83. The number of alkyl halides is 4. The highest BCUT2D eigenvalue weighted by Gasteiger charge is 2.41. The van der Waals surface area contributed by atoms with Crippen molar-refractivity contribution >= 4 is 17.7 Å². The zero-order valence-electron chi connectivity index (χ0n) is 9.96. The first-order chi connectivity index (χ1) is 8.75. The molecule has 0 aliphatic carbocycles. The van der Waals surface area contributed by atoms with Crippen molar-refractivity contribution in [3.63, 3.8) is 0 Å². The molecular formula is C10H12F4O4S. The number of carbonyl (C=O) groups excluding carboxylic acids is 1. The van der Waals surface area contributed by atoms with Gasteiger partial charge in [-0.05, 0) is 0 Å². The van der Waals surface area contributed by atoms with Crippen LogP contribution in [-0.4, -0.2) is 30.0 Å². The lowest BCUT2D eigenvalue weighted by molar-refractivity contribution is -0.149. The first kappa shape index (κ1) is 20.0. The summed E-state index contributed by atoms with van der Waals surface area (Å²) in [5.41, 5.74) is 0. The predicted molar refractivity (Wildman–Crippen MR) is 63.8 cm³/mol. The molecule has 1 atom stereocenters. The lowest BCUT2D eigenvalue weighted by Crippen LogP contribution is -2.32. The second kappa shape index (κ2) is 9.61. The number of terminal acetylenes is 1. The number of hydrogen-bond acceptors (Lipinski definition) is 5. The number of carbonyl (C=O) groups is 1. The van der Waals surface area contributed by atoms with Gasteiger partial charge >= 0.3 is 12.1 Å². The summed E-state index contributed by atoms with van der Waals surface area (Å²) in [6, 6.07) is 0. The Morgan fingerprint density at radius 2 is 1.79 bits per heavy atom. The summed E-state index contributed by atoms with van der Waals surface area (Å²) >= 11 is 0.267. The molecule has 0 amide bonds. The normalized spacial score (nSPS) is 13.5. The van der Waals surface area contributed by atoms with E-state index in [4.69, 9.17) is 16.4 Å². The Kier molecular flexibility index (Phi) is 10.1. The molecule has 19 heavy (non-hydrogen) atoms. The fourth-order valence-electron chi connectivity index (χ4n) is 0.947. The maximum atomic E-state index is 14.0. The summed E-state index contributed by atoms with van der Waals surface area (Å²) in [5.74, 6) is 0.361. The van der Waals surface area contributed by atoms with Crippen molar-refractivity contribution in [1.29, 1.82) is 0 Å². The van der Waals surface area contributed by atoms with Crippen LogP contribution in [0.2, 0.25) is 0 Å². The summed E-state index contributed by atoms with van der Waals surface area (Å²) in [4.78, 5) is 25.1. The third kappa shape index (κ3) is 9.30. The van der Waals surface area contributed by atoms with Crippen LogP contribution in [-0.2, 0) is 9.53 Å². The van der Waals surface area contributed by atoms with Gasteiger partial charge in [0.25, 0.3) is 5.00 Å². The Hall–Kier alpha value is -1.30. The second-order valence-electron chi connectivity index (χ2n) is 3.14. The molecule has 0 saturated heterocycles. The van der Waals surface area contributed by atoms with E-state index in [1.54, 1.807) is 0 Å². The van der Waals surface area contributed by atoms with E-state index in [1.165, 1.54) is 0 Å². The highest BCUT2D eigenvalue weighted by molar-refractivity contribution is 8.01. The van der Waals surface area contributed by atoms with E-state index >= 15 is 0 Å². The Morgan fingerprint density at radius 3 is 2.16 bits per heavy atom. The SMILES string of the molecule is C#CCCC(F)(SCCC(F)(F)F)C(=O)OC.O=O. The third-order valence-corrected chi connectivity index (χ3v) is 3.03. The maximum absolute atomic E-state index is 14.0. The van der Waals surface area contributed by atoms with Crippen LogP contribution in [0.25, 0.3) is 0 Å². The molecule has 0 rings (SSSR count). The molecule has 0 radical (unpaired) electrons. The van der Waals surface area contributed by atoms with Gasteiger partial charge in [-0.25, -0.2) is 9.18 Å². The fraction of sp³-hybridized carbons (Fsp3) is 0.700. The van der Waals surface area contributed by atoms with Crippen LogP contribution >= 0.6 is 11.8 Å². The molecule has 0 N–H and O–H groups in total. The molecule has 110 valence electrons. The number of methoxy groups -OCH3 is 1. The van der Waals surface area contributed by atoms with Crippen LogP contribution < -0.4 is 0 Å². The minimum Gasteiger partial charge on any atom is -0.466 e. The van der Waals surface area contributed by atoms with Crippen molar-refractivity contribution < 1.29 is 27.1 Å². The van der Waals surface area contributed by atoms with Crippen molar-refractivity contribution in [2.75, 3.05) is 12.9 Å². The minimum atomic E-state index is -4.38. The Balaban J connectivity index is 0. The quantitative estimate of drug-likeness (QED) is 0.429. The summed E-state index contributed by atoms with van der Waals surface area (Å²) in [5, 5.41) is -2.51. The van der Waals surface area contributed by atoms with E-state index in [-0.39, 0.29) is 24.6 Å². The van der Waals surface area contributed by atoms with Gasteiger partial charge in [-0.15, -0.1) is 24.1 Å². The smallest absolute Gasteiger partial charge is 0.389 e. The van der Waals surface area contributed by atoms with Gasteiger partial charge in [-0.3, -0.25) is 0 Å². The van der Waals surface area contributed by atoms with E-state index in [0.717, 1.165) is 7.11 Å². The summed E-state index contributed by atoms with van der Waals surface area (Å²) in [7, 11) is 0.969. The van der Waals surface area contributed by atoms with Gasteiger partial charge < -0.3 is 4.74 Å². The van der Waals surface area contributed by atoms with Gasteiger partial charge in [0.2, 0.25) is 0 Å². The molecule has 4 nitrogen and oxygen atoms in total. The van der Waals surface area contributed by atoms with Crippen LogP contribution in [0.15, 0.2) is 0 Å². The molecule has 1 unspecified atom stereocenters. The molecule has 0 aromatic carbocycles. The maximum Gasteiger partial charge on any atom is 0.389 e. The summed E-state index contributed by atoms with van der Waals surface area (Å²) in [6.07, 6.45) is -1.05. The van der Waals surface area contributed by atoms with E-state index < -0.39 is 29.3 Å². The number of hydrogen-bond donors (Lipinski definition) is 0. The first-order valence-corrected chi connectivity index (χ1v) is 5.82. The van der Waals surface area contributed by atoms with Gasteiger partial charge in [-0.2, -0.15) is 13.2 Å². The van der Waals surface area contributed by atoms with Crippen LogP contribution in [0.1, 0.15) is 19.3 Å². The lowest BCUT2D eigenvalue weighted by Gasteiger charge is -2.21. The minimum absolute atomic E-state index is 0.0510. The molecule has 0 fully saturated rings. The standard InChI is InChI=1S/C10H12F4O2S.O2/c1-3-4-5-9(11,8(15)16-2)17-7-6-10(12,13)14;1-2/h1H,4-7H2,2H3;. The van der Waals surface area contributed by atoms with E-state index in [0.29, 0.717) is 0 Å². The third-order valence-electron chi connectivity index (χ3n) is 1.80. The van der Waals surface area contributed by atoms with Crippen LogP contribution in [0.4, 0.5) is 17.6 Å². The van der Waals surface area contributed by atoms with Crippen molar-refractivity contribution in [3.05, 3.63) is 9.93 Å². The molecule has 0 aliphatic heterocycles. The topological polar surface area (TPSA) is 60.4 Å². The molecular weight excluding hydrogens is 292 g/mol. The number of halogens is 4. The Bertz CT molecular complexity index is 316. The van der Waals surface area contributed by atoms with Crippen LogP contribution in [0.5, 0.6) is 0 Å². The lowest BCUT2D eigenvalue weighted by atomic mass is 10.2. The average molecular weight is 304 g/mol. The van der Waals surface area contributed by atoms with E-state index in [2.05, 4.69) is 10.7 Å². The molecule has 0 saturated carbocycles. The number of ether oxygens (including phenoxy) is 1. The number of esters is 1. The molecule has 0 aliphatic rings. The van der Waals surface area contributed by atoms with Gasteiger partial charge in [0, 0.05) is 28.5 Å². The molecule has 0 aromatic rings. The van der Waals surface area contributed by atoms with Crippen molar-refractivity contribution in [2.24, 2.45) is 0 Å². The largest absolute Gasteiger partial charge is 0.466 e. The molecule has 0 spiro atoms. The molecule has 0 heterocycles. The van der Waals surface area contributed by atoms with Gasteiger partial charge in [0.05, 0.1) is 13.5 Å². The van der Waals surface area contributed by atoms with Gasteiger partial charge in [-0.1, -0.05) is 0 Å². The zero-order valence-corrected chi connectivity index (χ0v) is 10.8. The molecule has 0 aromatic heterocycles. The summed E-state index contributed by atoms with van der Waals surface area (Å²) in [6.45, 7) is 0. The predicted octanol–water partition coefficient (Wildman–Crippen LogP) is 2.99. The number of thioether (sulfide) groups is 1. The second-order valence-corrected chi connectivity index (χ2v) is 4.48. The molecule has 9 heteroatoms. The van der Waals surface area contributed by atoms with Crippen molar-refractivity contribution in [1.82, 2.24) is 0 Å². The Morgan fingerprint density at radius 1 is 1.26 bits per heavy atom. The highest BCUT2D eigenvalue weighted by Crippen LogP contribution is 2.35. The Labute approximate surface area is 111 Å². The van der Waals surface area contributed by atoms with Crippen molar-refractivity contribution in [3.8, 4) is 12.3 Å². The monoisotopic (exact) mass is 304 g/mol. The molecule has 0 bridgehead atoms. The van der Waals surface area contributed by atoms with Crippen molar-refractivity contribution in [2.45, 2.75) is 30.4 Å². The van der Waals surface area contributed by atoms with E-state index in [9.17, 15) is 22.4 Å². The van der Waals surface area contributed by atoms with Gasteiger partial charge in [0.1, 0.15) is 0 Å². The fourth-order valence-corrected chi connectivity index (χ4v) is 2.05. The van der Waals surface area contributed by atoms with Gasteiger partial charge in [0.15, 0.2) is 0 Å². The van der Waals surface area contributed by atoms with Crippen LogP contribution in [0, 0.1) is 22.3 Å².